The summed E-state index contributed by atoms with van der Waals surface area (Å²) in [5, 5.41) is 5.63. The van der Waals surface area contributed by atoms with Crippen molar-refractivity contribution >= 4 is 50.8 Å². The van der Waals surface area contributed by atoms with E-state index in [0.717, 1.165) is 4.47 Å². The number of nitrogens with one attached hydrogen (secondary N) is 2. The van der Waals surface area contributed by atoms with Gasteiger partial charge in [0, 0.05) is 28.8 Å². The molecule has 1 aliphatic rings. The Morgan fingerprint density at radius 1 is 1.07 bits per heavy atom. The van der Waals surface area contributed by atoms with Crippen LogP contribution in [0.4, 0.5) is 5.69 Å². The summed E-state index contributed by atoms with van der Waals surface area (Å²) < 4.78 is 11.6. The van der Waals surface area contributed by atoms with Gasteiger partial charge in [-0.3, -0.25) is 14.9 Å². The number of rotatable bonds is 5. The lowest BCUT2D eigenvalue weighted by Gasteiger charge is -2.26. The first-order valence-corrected chi connectivity index (χ1v) is 10.2. The normalized spacial score (nSPS) is 13.5. The van der Waals surface area contributed by atoms with E-state index in [1.165, 1.54) is 0 Å². The number of thiocarbonyl (C=S) groups is 1. The number of morpholine rings is 1. The third-order valence-corrected chi connectivity index (χ3v) is 4.86. The highest BCUT2D eigenvalue weighted by molar-refractivity contribution is 9.10. The van der Waals surface area contributed by atoms with Gasteiger partial charge in [0.1, 0.15) is 5.75 Å². The van der Waals surface area contributed by atoms with Crippen LogP contribution in [-0.2, 0) is 9.53 Å². The van der Waals surface area contributed by atoms with Gasteiger partial charge < -0.3 is 19.7 Å². The Kier molecular flexibility index (Phi) is 7.56. The van der Waals surface area contributed by atoms with Gasteiger partial charge in [0.05, 0.1) is 13.2 Å². The molecule has 0 radical (unpaired) electrons. The van der Waals surface area contributed by atoms with Crippen molar-refractivity contribution < 1.29 is 19.1 Å². The van der Waals surface area contributed by atoms with Crippen LogP contribution in [0.25, 0.3) is 0 Å². The fourth-order valence-electron chi connectivity index (χ4n) is 2.65. The molecule has 2 aromatic rings. The molecule has 2 N–H and O–H groups in total. The molecule has 2 aromatic carbocycles. The van der Waals surface area contributed by atoms with E-state index >= 15 is 0 Å². The lowest BCUT2D eigenvalue weighted by atomic mass is 10.1. The second kappa shape index (κ2) is 10.3. The van der Waals surface area contributed by atoms with Crippen molar-refractivity contribution in [2.24, 2.45) is 0 Å². The predicted molar refractivity (Wildman–Crippen MR) is 117 cm³/mol. The molecular weight excluding hydrogens is 458 g/mol. The summed E-state index contributed by atoms with van der Waals surface area (Å²) >= 11 is 8.49. The maximum atomic E-state index is 12.4. The first-order chi connectivity index (χ1) is 14.0. The molecule has 1 aliphatic heterocycles. The molecule has 7 nitrogen and oxygen atoms in total. The zero-order valence-corrected chi connectivity index (χ0v) is 17.9. The Morgan fingerprint density at radius 3 is 2.38 bits per heavy atom. The van der Waals surface area contributed by atoms with Gasteiger partial charge in [-0.05, 0) is 60.7 Å². The van der Waals surface area contributed by atoms with Crippen LogP contribution in [0.5, 0.6) is 5.75 Å². The van der Waals surface area contributed by atoms with Crippen molar-refractivity contribution in [3.63, 3.8) is 0 Å². The second-order valence-corrected chi connectivity index (χ2v) is 7.55. The highest BCUT2D eigenvalue weighted by atomic mass is 79.9. The average molecular weight is 478 g/mol. The quantitative estimate of drug-likeness (QED) is 0.644. The maximum absolute atomic E-state index is 12.4. The number of nitrogens with zero attached hydrogens (tertiary/aromatic N) is 1. The van der Waals surface area contributed by atoms with Crippen molar-refractivity contribution in [1.29, 1.82) is 0 Å². The van der Waals surface area contributed by atoms with E-state index in [1.54, 1.807) is 41.3 Å². The lowest BCUT2D eigenvalue weighted by Crippen LogP contribution is -2.40. The largest absolute Gasteiger partial charge is 0.484 e. The number of hydrogen-bond acceptors (Lipinski definition) is 5. The molecule has 1 fully saturated rings. The molecule has 9 heteroatoms. The number of amides is 2. The molecule has 1 saturated heterocycles. The zero-order chi connectivity index (χ0) is 20.6. The second-order valence-electron chi connectivity index (χ2n) is 6.23. The Morgan fingerprint density at radius 2 is 1.72 bits per heavy atom. The number of anilines is 1. The van der Waals surface area contributed by atoms with Crippen molar-refractivity contribution in [1.82, 2.24) is 10.2 Å². The zero-order valence-electron chi connectivity index (χ0n) is 15.5. The molecular formula is C20H20BrN3O4S. The number of carbonyl (C=O) groups excluding carboxylic acids is 2. The van der Waals surface area contributed by atoms with Gasteiger partial charge in [0.15, 0.2) is 11.7 Å². The van der Waals surface area contributed by atoms with E-state index in [2.05, 4.69) is 26.6 Å². The average Bonchev–Trinajstić information content (AvgIpc) is 2.74. The van der Waals surface area contributed by atoms with E-state index in [0.29, 0.717) is 43.3 Å². The van der Waals surface area contributed by atoms with E-state index in [9.17, 15) is 9.59 Å². The standard InChI is InChI=1S/C20H20BrN3O4S/c21-15-3-7-17(8-4-15)28-13-18(25)23-20(29)22-16-5-1-14(2-6-16)19(26)24-9-11-27-12-10-24/h1-8H,9-13H2,(H2,22,23,25,29). The summed E-state index contributed by atoms with van der Waals surface area (Å²) in [5.41, 5.74) is 1.26. The number of ether oxygens (including phenoxy) is 2. The summed E-state index contributed by atoms with van der Waals surface area (Å²) in [6.45, 7) is 2.15. The van der Waals surface area contributed by atoms with Gasteiger partial charge in [0.25, 0.3) is 11.8 Å². The van der Waals surface area contributed by atoms with Crippen LogP contribution in [0.15, 0.2) is 53.0 Å². The number of carbonyl (C=O) groups is 2. The van der Waals surface area contributed by atoms with Gasteiger partial charge >= 0.3 is 0 Å². The maximum Gasteiger partial charge on any atom is 0.264 e. The highest BCUT2D eigenvalue weighted by Gasteiger charge is 2.18. The molecule has 152 valence electrons. The molecule has 0 unspecified atom stereocenters. The monoisotopic (exact) mass is 477 g/mol. The van der Waals surface area contributed by atoms with E-state index in [-0.39, 0.29) is 23.5 Å². The highest BCUT2D eigenvalue weighted by Crippen LogP contribution is 2.16. The molecule has 0 aliphatic carbocycles. The summed E-state index contributed by atoms with van der Waals surface area (Å²) in [5.74, 6) is 0.188. The summed E-state index contributed by atoms with van der Waals surface area (Å²) in [6.07, 6.45) is 0. The van der Waals surface area contributed by atoms with Crippen molar-refractivity contribution in [3.8, 4) is 5.75 Å². The lowest BCUT2D eigenvalue weighted by molar-refractivity contribution is -0.121. The fraction of sp³-hybridized carbons (Fsp3) is 0.250. The molecule has 0 bridgehead atoms. The number of benzene rings is 2. The minimum Gasteiger partial charge on any atom is -0.484 e. The fourth-order valence-corrected chi connectivity index (χ4v) is 3.15. The summed E-state index contributed by atoms with van der Waals surface area (Å²) in [6, 6.07) is 14.1. The first kappa shape index (κ1) is 21.2. The first-order valence-electron chi connectivity index (χ1n) is 8.97. The van der Waals surface area contributed by atoms with Crippen LogP contribution < -0.4 is 15.4 Å². The van der Waals surface area contributed by atoms with E-state index in [4.69, 9.17) is 21.7 Å². The molecule has 0 atom stereocenters. The SMILES string of the molecule is O=C(COc1ccc(Br)cc1)NC(=S)Nc1ccc(C(=O)N2CCOCC2)cc1. The van der Waals surface area contributed by atoms with E-state index in [1.807, 2.05) is 12.1 Å². The van der Waals surface area contributed by atoms with Crippen LogP contribution >= 0.6 is 28.1 Å². The minimum absolute atomic E-state index is 0.0270. The van der Waals surface area contributed by atoms with Crippen LogP contribution in [0, 0.1) is 0 Å². The molecule has 0 saturated carbocycles. The van der Waals surface area contributed by atoms with Crippen molar-refractivity contribution in [3.05, 3.63) is 58.6 Å². The Balaban J connectivity index is 1.45. The van der Waals surface area contributed by atoms with Crippen LogP contribution in [0.1, 0.15) is 10.4 Å². The third-order valence-electron chi connectivity index (χ3n) is 4.12. The van der Waals surface area contributed by atoms with Gasteiger partial charge in [0.2, 0.25) is 0 Å². The third kappa shape index (κ3) is 6.52. The topological polar surface area (TPSA) is 79.9 Å². The van der Waals surface area contributed by atoms with Gasteiger partial charge in [-0.15, -0.1) is 0 Å². The Hall–Kier alpha value is -2.49. The smallest absolute Gasteiger partial charge is 0.264 e. The van der Waals surface area contributed by atoms with Gasteiger partial charge in [-0.25, -0.2) is 0 Å². The summed E-state index contributed by atoms with van der Waals surface area (Å²) in [7, 11) is 0. The van der Waals surface area contributed by atoms with Crippen LogP contribution in [0.2, 0.25) is 0 Å². The number of halogens is 1. The van der Waals surface area contributed by atoms with Crippen LogP contribution in [0.3, 0.4) is 0 Å². The van der Waals surface area contributed by atoms with Gasteiger partial charge in [-0.1, -0.05) is 15.9 Å². The van der Waals surface area contributed by atoms with Crippen LogP contribution in [-0.4, -0.2) is 54.7 Å². The molecule has 0 spiro atoms. The molecule has 0 aromatic heterocycles. The summed E-state index contributed by atoms with van der Waals surface area (Å²) in [4.78, 5) is 26.2. The van der Waals surface area contributed by atoms with Crippen molar-refractivity contribution in [2.75, 3.05) is 38.2 Å². The minimum atomic E-state index is -0.371. The van der Waals surface area contributed by atoms with E-state index < -0.39 is 0 Å². The van der Waals surface area contributed by atoms with Crippen molar-refractivity contribution in [2.45, 2.75) is 0 Å². The molecule has 1 heterocycles. The number of hydrogen-bond donors (Lipinski definition) is 2. The molecule has 29 heavy (non-hydrogen) atoms. The predicted octanol–water partition coefficient (Wildman–Crippen LogP) is 2.81. The Labute approximate surface area is 182 Å². The molecule has 3 rings (SSSR count). The van der Waals surface area contributed by atoms with Gasteiger partial charge in [-0.2, -0.15) is 0 Å². The Bertz CT molecular complexity index is 868. The molecule has 2 amide bonds.